The van der Waals surface area contributed by atoms with Crippen LogP contribution in [0.15, 0.2) is 16.6 Å². The first-order valence-corrected chi connectivity index (χ1v) is 6.63. The van der Waals surface area contributed by atoms with Crippen LogP contribution in [0.3, 0.4) is 0 Å². The standard InChI is InChI=1S/C14H17BrN2O/c1-5-14(4,8-16)13(18)17-11-6-9(2)12(15)10(3)7-11/h6-7H,5H2,1-4H3,(H,17,18). The van der Waals surface area contributed by atoms with Gasteiger partial charge >= 0.3 is 0 Å². The summed E-state index contributed by atoms with van der Waals surface area (Å²) in [6.45, 7) is 7.42. The Balaban J connectivity index is 3.00. The number of anilines is 1. The van der Waals surface area contributed by atoms with Gasteiger partial charge in [0.2, 0.25) is 5.91 Å². The number of nitrogens with one attached hydrogen (secondary N) is 1. The number of aryl methyl sites for hydroxylation is 2. The molecule has 1 atom stereocenters. The molecular formula is C14H17BrN2O. The summed E-state index contributed by atoms with van der Waals surface area (Å²) in [6, 6.07) is 5.85. The molecule has 0 saturated heterocycles. The first-order chi connectivity index (χ1) is 8.34. The van der Waals surface area contributed by atoms with E-state index in [4.69, 9.17) is 5.26 Å². The van der Waals surface area contributed by atoms with E-state index < -0.39 is 5.41 Å². The molecule has 1 amide bonds. The van der Waals surface area contributed by atoms with Crippen molar-refractivity contribution >= 4 is 27.5 Å². The Labute approximate surface area is 116 Å². The summed E-state index contributed by atoms with van der Waals surface area (Å²) in [4.78, 5) is 12.1. The quantitative estimate of drug-likeness (QED) is 0.919. The van der Waals surface area contributed by atoms with Gasteiger partial charge in [0.05, 0.1) is 6.07 Å². The molecule has 0 spiro atoms. The van der Waals surface area contributed by atoms with Crippen molar-refractivity contribution < 1.29 is 4.79 Å². The largest absolute Gasteiger partial charge is 0.325 e. The molecule has 0 aliphatic carbocycles. The number of rotatable bonds is 3. The third-order valence-corrected chi connectivity index (χ3v) is 4.40. The van der Waals surface area contributed by atoms with Crippen molar-refractivity contribution in [1.82, 2.24) is 0 Å². The lowest BCUT2D eigenvalue weighted by atomic mass is 9.88. The van der Waals surface area contributed by atoms with Crippen molar-refractivity contribution in [2.24, 2.45) is 5.41 Å². The number of benzene rings is 1. The van der Waals surface area contributed by atoms with E-state index in [9.17, 15) is 4.79 Å². The number of amides is 1. The molecule has 1 N–H and O–H groups in total. The van der Waals surface area contributed by atoms with E-state index in [1.807, 2.05) is 32.9 Å². The molecule has 3 nitrogen and oxygen atoms in total. The average Bonchev–Trinajstić information content (AvgIpc) is 2.34. The normalized spacial score (nSPS) is 13.6. The van der Waals surface area contributed by atoms with E-state index in [2.05, 4.69) is 27.3 Å². The molecule has 1 rings (SSSR count). The van der Waals surface area contributed by atoms with Gasteiger partial charge in [-0.25, -0.2) is 0 Å². The van der Waals surface area contributed by atoms with E-state index in [-0.39, 0.29) is 5.91 Å². The van der Waals surface area contributed by atoms with Crippen LogP contribution in [0, 0.1) is 30.6 Å². The number of nitriles is 1. The Morgan fingerprint density at radius 3 is 2.33 bits per heavy atom. The minimum Gasteiger partial charge on any atom is -0.325 e. The minimum absolute atomic E-state index is 0.256. The van der Waals surface area contributed by atoms with Crippen LogP contribution in [-0.4, -0.2) is 5.91 Å². The number of hydrogen-bond acceptors (Lipinski definition) is 2. The smallest absolute Gasteiger partial charge is 0.244 e. The van der Waals surface area contributed by atoms with Crippen LogP contribution in [0.4, 0.5) is 5.69 Å². The zero-order chi connectivity index (χ0) is 13.9. The highest BCUT2D eigenvalue weighted by Gasteiger charge is 2.31. The third kappa shape index (κ3) is 2.91. The lowest BCUT2D eigenvalue weighted by molar-refractivity contribution is -0.122. The molecule has 0 fully saturated rings. The molecule has 0 saturated carbocycles. The average molecular weight is 309 g/mol. The SMILES string of the molecule is CCC(C)(C#N)C(=O)Nc1cc(C)c(Br)c(C)c1. The first-order valence-electron chi connectivity index (χ1n) is 5.83. The van der Waals surface area contributed by atoms with Crippen molar-refractivity contribution in [2.75, 3.05) is 5.32 Å². The minimum atomic E-state index is -0.977. The molecule has 0 aliphatic rings. The second-order valence-corrected chi connectivity index (χ2v) is 5.47. The topological polar surface area (TPSA) is 52.9 Å². The Hall–Kier alpha value is -1.34. The van der Waals surface area contributed by atoms with Crippen LogP contribution in [0.25, 0.3) is 0 Å². The van der Waals surface area contributed by atoms with Gasteiger partial charge in [-0.3, -0.25) is 4.79 Å². The summed E-state index contributed by atoms with van der Waals surface area (Å²) >= 11 is 3.48. The van der Waals surface area contributed by atoms with Gasteiger partial charge in [-0.1, -0.05) is 22.9 Å². The molecule has 0 aromatic heterocycles. The number of nitrogens with zero attached hydrogens (tertiary/aromatic N) is 1. The van der Waals surface area contributed by atoms with Crippen LogP contribution in [0.1, 0.15) is 31.4 Å². The third-order valence-electron chi connectivity index (χ3n) is 3.15. The van der Waals surface area contributed by atoms with Gasteiger partial charge in [0.25, 0.3) is 0 Å². The van der Waals surface area contributed by atoms with Gasteiger partial charge in [-0.15, -0.1) is 0 Å². The molecule has 0 aliphatic heterocycles. The number of carbonyl (C=O) groups is 1. The van der Waals surface area contributed by atoms with Crippen molar-refractivity contribution in [3.63, 3.8) is 0 Å². The Bertz CT molecular complexity index is 496. The Morgan fingerprint density at radius 1 is 1.44 bits per heavy atom. The second-order valence-electron chi connectivity index (χ2n) is 4.68. The fourth-order valence-corrected chi connectivity index (χ4v) is 1.81. The van der Waals surface area contributed by atoms with Crippen molar-refractivity contribution in [3.8, 4) is 6.07 Å². The highest BCUT2D eigenvalue weighted by Crippen LogP contribution is 2.27. The van der Waals surface area contributed by atoms with Gasteiger partial charge in [-0.2, -0.15) is 5.26 Å². The van der Waals surface area contributed by atoms with Crippen molar-refractivity contribution in [2.45, 2.75) is 34.1 Å². The van der Waals surface area contributed by atoms with Crippen LogP contribution in [0.5, 0.6) is 0 Å². The highest BCUT2D eigenvalue weighted by atomic mass is 79.9. The molecule has 1 unspecified atom stereocenters. The molecular weight excluding hydrogens is 292 g/mol. The molecule has 0 bridgehead atoms. The van der Waals surface area contributed by atoms with E-state index in [0.29, 0.717) is 6.42 Å². The number of hydrogen-bond donors (Lipinski definition) is 1. The van der Waals surface area contributed by atoms with Gasteiger partial charge in [-0.05, 0) is 50.5 Å². The van der Waals surface area contributed by atoms with E-state index in [1.54, 1.807) is 6.92 Å². The molecule has 1 aromatic rings. The van der Waals surface area contributed by atoms with Gasteiger partial charge in [0, 0.05) is 10.2 Å². The predicted molar refractivity (Wildman–Crippen MR) is 76.3 cm³/mol. The zero-order valence-corrected chi connectivity index (χ0v) is 12.7. The monoisotopic (exact) mass is 308 g/mol. The first kappa shape index (κ1) is 14.7. The summed E-state index contributed by atoms with van der Waals surface area (Å²) < 4.78 is 1.04. The van der Waals surface area contributed by atoms with E-state index in [1.165, 1.54) is 0 Å². The van der Waals surface area contributed by atoms with Gasteiger partial charge < -0.3 is 5.32 Å². The van der Waals surface area contributed by atoms with E-state index in [0.717, 1.165) is 21.3 Å². The fraction of sp³-hybridized carbons (Fsp3) is 0.429. The summed E-state index contributed by atoms with van der Waals surface area (Å²) in [6.07, 6.45) is 0.490. The molecule has 0 radical (unpaired) electrons. The summed E-state index contributed by atoms with van der Waals surface area (Å²) in [5.74, 6) is -0.256. The predicted octanol–water partition coefficient (Wildman–Crippen LogP) is 3.94. The fourth-order valence-electron chi connectivity index (χ4n) is 1.58. The molecule has 18 heavy (non-hydrogen) atoms. The summed E-state index contributed by atoms with van der Waals surface area (Å²) in [7, 11) is 0. The maximum Gasteiger partial charge on any atom is 0.244 e. The van der Waals surface area contributed by atoms with Gasteiger partial charge in [0.15, 0.2) is 0 Å². The van der Waals surface area contributed by atoms with Crippen LogP contribution >= 0.6 is 15.9 Å². The maximum atomic E-state index is 12.1. The van der Waals surface area contributed by atoms with Crippen molar-refractivity contribution in [1.29, 1.82) is 5.26 Å². The second kappa shape index (κ2) is 5.53. The lowest BCUT2D eigenvalue weighted by Crippen LogP contribution is -2.31. The Kier molecular flexibility index (Phi) is 4.53. The zero-order valence-electron chi connectivity index (χ0n) is 11.1. The Morgan fingerprint density at radius 2 is 1.94 bits per heavy atom. The van der Waals surface area contributed by atoms with Crippen LogP contribution in [0.2, 0.25) is 0 Å². The lowest BCUT2D eigenvalue weighted by Gasteiger charge is -2.19. The molecule has 0 heterocycles. The van der Waals surface area contributed by atoms with E-state index >= 15 is 0 Å². The highest BCUT2D eigenvalue weighted by molar-refractivity contribution is 9.10. The summed E-state index contributed by atoms with van der Waals surface area (Å²) in [5.41, 5.74) is 1.86. The van der Waals surface area contributed by atoms with Crippen molar-refractivity contribution in [3.05, 3.63) is 27.7 Å². The number of halogens is 1. The van der Waals surface area contributed by atoms with Crippen LogP contribution < -0.4 is 5.32 Å². The molecule has 1 aromatic carbocycles. The van der Waals surface area contributed by atoms with Crippen LogP contribution in [-0.2, 0) is 4.79 Å². The summed E-state index contributed by atoms with van der Waals surface area (Å²) in [5, 5.41) is 11.9. The van der Waals surface area contributed by atoms with Gasteiger partial charge in [0.1, 0.15) is 5.41 Å². The number of carbonyl (C=O) groups excluding carboxylic acids is 1. The molecule has 96 valence electrons. The molecule has 4 heteroatoms. The maximum absolute atomic E-state index is 12.1.